The summed E-state index contributed by atoms with van der Waals surface area (Å²) in [5.41, 5.74) is 0.0145. The molecule has 2 aliphatic carbocycles. The van der Waals surface area contributed by atoms with Gasteiger partial charge in [0.1, 0.15) is 17.4 Å². The van der Waals surface area contributed by atoms with Crippen molar-refractivity contribution in [2.75, 3.05) is 0 Å². The van der Waals surface area contributed by atoms with Gasteiger partial charge in [-0.05, 0) is 43.4 Å². The Hall–Kier alpha value is -1.59. The first-order chi connectivity index (χ1) is 10.1. The number of carboxylic acids is 1. The van der Waals surface area contributed by atoms with Crippen LogP contribution in [0.25, 0.3) is 0 Å². The highest BCUT2D eigenvalue weighted by molar-refractivity contribution is 5.79. The molecule has 2 aliphatic rings. The fourth-order valence-corrected chi connectivity index (χ4v) is 2.97. The topological polar surface area (TPSA) is 78.8 Å². The highest BCUT2D eigenvalue weighted by Crippen LogP contribution is 2.36. The van der Waals surface area contributed by atoms with E-state index in [2.05, 4.69) is 5.32 Å². The third kappa shape index (κ3) is 3.19. The zero-order valence-corrected chi connectivity index (χ0v) is 11.9. The molecule has 2 unspecified atom stereocenters. The summed E-state index contributed by atoms with van der Waals surface area (Å²) in [6.07, 6.45) is 3.92. The van der Waals surface area contributed by atoms with Crippen molar-refractivity contribution in [2.24, 2.45) is 0 Å². The largest absolute Gasteiger partial charge is 0.490 e. The van der Waals surface area contributed by atoms with Crippen LogP contribution in [0.1, 0.15) is 37.7 Å². The van der Waals surface area contributed by atoms with Gasteiger partial charge in [0.25, 0.3) is 0 Å². The van der Waals surface area contributed by atoms with Crippen molar-refractivity contribution in [1.29, 1.82) is 0 Å². The zero-order chi connectivity index (χ0) is 14.9. The summed E-state index contributed by atoms with van der Waals surface area (Å²) in [5.74, 6) is -0.0408. The quantitative estimate of drug-likeness (QED) is 0.743. The van der Waals surface area contributed by atoms with Crippen molar-refractivity contribution in [3.8, 4) is 5.75 Å². The van der Waals surface area contributed by atoms with E-state index in [9.17, 15) is 9.90 Å². The number of ether oxygens (including phenoxy) is 1. The number of hydrogen-bond donors (Lipinski definition) is 3. The fraction of sp³-hybridized carbons (Fsp3) is 0.562. The second kappa shape index (κ2) is 5.66. The van der Waals surface area contributed by atoms with Crippen LogP contribution >= 0.6 is 0 Å². The van der Waals surface area contributed by atoms with E-state index in [-0.39, 0.29) is 12.7 Å². The molecule has 2 saturated carbocycles. The predicted octanol–water partition coefficient (Wildman–Crippen LogP) is 1.69. The van der Waals surface area contributed by atoms with Gasteiger partial charge in [-0.15, -0.1) is 0 Å². The van der Waals surface area contributed by atoms with E-state index in [1.54, 1.807) is 0 Å². The van der Waals surface area contributed by atoms with Crippen molar-refractivity contribution in [3.05, 3.63) is 29.8 Å². The Kier molecular flexibility index (Phi) is 3.87. The molecule has 0 bridgehead atoms. The molecular formula is C16H21NO4. The van der Waals surface area contributed by atoms with Gasteiger partial charge in [-0.25, -0.2) is 0 Å². The molecule has 2 fully saturated rings. The van der Waals surface area contributed by atoms with Crippen LogP contribution in [0.3, 0.4) is 0 Å². The van der Waals surface area contributed by atoms with Crippen LogP contribution in [0.5, 0.6) is 5.75 Å². The maximum atomic E-state index is 11.6. The molecule has 0 aromatic heterocycles. The Morgan fingerprint density at radius 1 is 1.29 bits per heavy atom. The van der Waals surface area contributed by atoms with E-state index in [1.807, 2.05) is 24.3 Å². The molecule has 5 heteroatoms. The first kappa shape index (κ1) is 14.4. The third-order valence-electron chi connectivity index (χ3n) is 4.35. The van der Waals surface area contributed by atoms with Gasteiger partial charge in [0.2, 0.25) is 0 Å². The fourth-order valence-electron chi connectivity index (χ4n) is 2.97. The van der Waals surface area contributed by atoms with E-state index < -0.39 is 11.5 Å². The highest BCUT2D eigenvalue weighted by atomic mass is 16.5. The molecule has 21 heavy (non-hydrogen) atoms. The SMILES string of the molecule is O=C(O)C1(NC2CC2)CCC(Oc2ccc(CO)cc2)C1. The van der Waals surface area contributed by atoms with Gasteiger partial charge >= 0.3 is 5.97 Å². The van der Waals surface area contributed by atoms with Gasteiger partial charge in [-0.1, -0.05) is 12.1 Å². The second-order valence-electron chi connectivity index (χ2n) is 6.09. The number of carbonyl (C=O) groups is 1. The van der Waals surface area contributed by atoms with Gasteiger partial charge in [-0.2, -0.15) is 0 Å². The number of hydrogen-bond acceptors (Lipinski definition) is 4. The van der Waals surface area contributed by atoms with Gasteiger partial charge in [0.05, 0.1) is 6.61 Å². The molecule has 0 heterocycles. The Balaban J connectivity index is 1.63. The minimum atomic E-state index is -0.823. The van der Waals surface area contributed by atoms with Crippen molar-refractivity contribution >= 4 is 5.97 Å². The minimum absolute atomic E-state index is 0.0111. The molecule has 0 radical (unpaired) electrons. The summed E-state index contributed by atoms with van der Waals surface area (Å²) in [6.45, 7) is 0.0111. The summed E-state index contributed by atoms with van der Waals surface area (Å²) in [7, 11) is 0. The number of aliphatic hydroxyl groups is 1. The second-order valence-corrected chi connectivity index (χ2v) is 6.09. The monoisotopic (exact) mass is 291 g/mol. The van der Waals surface area contributed by atoms with Gasteiger partial charge in [-0.3, -0.25) is 10.1 Å². The van der Waals surface area contributed by atoms with E-state index in [4.69, 9.17) is 9.84 Å². The molecule has 3 rings (SSSR count). The third-order valence-corrected chi connectivity index (χ3v) is 4.35. The summed E-state index contributed by atoms with van der Waals surface area (Å²) in [6, 6.07) is 7.64. The predicted molar refractivity (Wildman–Crippen MR) is 77.2 cm³/mol. The van der Waals surface area contributed by atoms with Crippen molar-refractivity contribution in [3.63, 3.8) is 0 Å². The number of carboxylic acid groups (broad SMARTS) is 1. The maximum Gasteiger partial charge on any atom is 0.324 e. The standard InChI is InChI=1S/C16H21NO4/c18-10-11-1-5-13(6-2-11)21-14-7-8-16(9-14,15(19)20)17-12-3-4-12/h1-2,5-6,12,14,17-18H,3-4,7-10H2,(H,19,20). The van der Waals surface area contributed by atoms with Crippen LogP contribution in [-0.2, 0) is 11.4 Å². The molecule has 1 aromatic carbocycles. The Morgan fingerprint density at radius 2 is 2.00 bits per heavy atom. The molecule has 3 N–H and O–H groups in total. The van der Waals surface area contributed by atoms with Crippen molar-refractivity contribution in [2.45, 2.75) is 56.4 Å². The minimum Gasteiger partial charge on any atom is -0.490 e. The molecular weight excluding hydrogens is 270 g/mol. The number of benzene rings is 1. The number of rotatable bonds is 6. The molecule has 0 aliphatic heterocycles. The Labute approximate surface area is 123 Å². The lowest BCUT2D eigenvalue weighted by Crippen LogP contribution is -2.51. The highest BCUT2D eigenvalue weighted by Gasteiger charge is 2.48. The van der Waals surface area contributed by atoms with Crippen LogP contribution in [0.15, 0.2) is 24.3 Å². The van der Waals surface area contributed by atoms with E-state index >= 15 is 0 Å². The zero-order valence-electron chi connectivity index (χ0n) is 11.9. The summed E-state index contributed by atoms with van der Waals surface area (Å²) in [5, 5.41) is 21.9. The summed E-state index contributed by atoms with van der Waals surface area (Å²) < 4.78 is 5.90. The van der Waals surface area contributed by atoms with Crippen LogP contribution in [-0.4, -0.2) is 33.9 Å². The Bertz CT molecular complexity index is 512. The average molecular weight is 291 g/mol. The first-order valence-corrected chi connectivity index (χ1v) is 7.49. The van der Waals surface area contributed by atoms with E-state index in [0.29, 0.717) is 18.9 Å². The smallest absolute Gasteiger partial charge is 0.324 e. The molecule has 0 amide bonds. The maximum absolute atomic E-state index is 11.6. The van der Waals surface area contributed by atoms with Crippen LogP contribution < -0.4 is 10.1 Å². The number of aliphatic hydroxyl groups excluding tert-OH is 1. The van der Waals surface area contributed by atoms with Gasteiger partial charge in [0.15, 0.2) is 0 Å². The first-order valence-electron chi connectivity index (χ1n) is 7.49. The molecule has 5 nitrogen and oxygen atoms in total. The summed E-state index contributed by atoms with van der Waals surface area (Å²) in [4.78, 5) is 11.6. The number of aliphatic carboxylic acids is 1. The average Bonchev–Trinajstić information content (AvgIpc) is 3.19. The van der Waals surface area contributed by atoms with E-state index in [0.717, 1.165) is 30.6 Å². The van der Waals surface area contributed by atoms with Crippen LogP contribution in [0.2, 0.25) is 0 Å². The van der Waals surface area contributed by atoms with Crippen LogP contribution in [0, 0.1) is 0 Å². The van der Waals surface area contributed by atoms with Crippen molar-refractivity contribution in [1.82, 2.24) is 5.32 Å². The van der Waals surface area contributed by atoms with Crippen LogP contribution in [0.4, 0.5) is 0 Å². The molecule has 0 spiro atoms. The lowest BCUT2D eigenvalue weighted by molar-refractivity contribution is -0.145. The normalized spacial score (nSPS) is 28.5. The molecule has 114 valence electrons. The molecule has 2 atom stereocenters. The van der Waals surface area contributed by atoms with Gasteiger partial charge < -0.3 is 14.9 Å². The molecule has 0 saturated heterocycles. The van der Waals surface area contributed by atoms with Gasteiger partial charge in [0, 0.05) is 12.5 Å². The summed E-state index contributed by atoms with van der Waals surface area (Å²) >= 11 is 0. The Morgan fingerprint density at radius 3 is 2.57 bits per heavy atom. The lowest BCUT2D eigenvalue weighted by atomic mass is 9.97. The molecule has 1 aromatic rings. The number of nitrogens with one attached hydrogen (secondary N) is 1. The van der Waals surface area contributed by atoms with Crippen molar-refractivity contribution < 1.29 is 19.7 Å². The van der Waals surface area contributed by atoms with E-state index in [1.165, 1.54) is 0 Å². The lowest BCUT2D eigenvalue weighted by Gasteiger charge is -2.26.